The zero-order valence-corrected chi connectivity index (χ0v) is 18.1. The number of hydrogen-bond acceptors (Lipinski definition) is 4. The smallest absolute Gasteiger partial charge is 0.407 e. The van der Waals surface area contributed by atoms with Crippen LogP contribution in [0.2, 0.25) is 0 Å². The molecule has 0 atom stereocenters. The minimum atomic E-state index is -0.471. The van der Waals surface area contributed by atoms with Gasteiger partial charge in [0.15, 0.2) is 5.78 Å². The molecule has 0 radical (unpaired) electrons. The number of rotatable bonds is 7. The monoisotopic (exact) mass is 427 g/mol. The van der Waals surface area contributed by atoms with Crippen LogP contribution in [0.15, 0.2) is 72.8 Å². The molecule has 0 bridgehead atoms. The molecule has 32 heavy (non-hydrogen) atoms. The molecule has 0 aromatic heterocycles. The first-order valence-corrected chi connectivity index (χ1v) is 10.5. The molecule has 0 spiro atoms. The quantitative estimate of drug-likeness (QED) is 0.509. The van der Waals surface area contributed by atoms with Crippen LogP contribution in [0.3, 0.4) is 0 Å². The molecule has 1 aliphatic carbocycles. The van der Waals surface area contributed by atoms with Gasteiger partial charge in [0.05, 0.1) is 7.11 Å². The Kier molecular flexibility index (Phi) is 6.36. The Hall–Kier alpha value is -3.86. The van der Waals surface area contributed by atoms with Crippen molar-refractivity contribution in [1.82, 2.24) is 5.32 Å². The van der Waals surface area contributed by atoms with E-state index in [1.165, 1.54) is 29.2 Å². The Labute approximate surface area is 187 Å². The van der Waals surface area contributed by atoms with Crippen LogP contribution >= 0.6 is 0 Å². The topological polar surface area (TPSA) is 64.6 Å². The molecule has 0 saturated heterocycles. The van der Waals surface area contributed by atoms with Crippen LogP contribution < -0.4 is 10.1 Å². The summed E-state index contributed by atoms with van der Waals surface area (Å²) in [5.41, 5.74) is 6.13. The maximum Gasteiger partial charge on any atom is 0.407 e. The molecule has 3 aromatic rings. The molecular weight excluding hydrogens is 402 g/mol. The van der Waals surface area contributed by atoms with E-state index in [-0.39, 0.29) is 18.3 Å². The highest BCUT2D eigenvalue weighted by atomic mass is 16.5. The van der Waals surface area contributed by atoms with E-state index < -0.39 is 6.09 Å². The first-order valence-electron chi connectivity index (χ1n) is 10.5. The zero-order valence-electron chi connectivity index (χ0n) is 18.1. The van der Waals surface area contributed by atoms with Gasteiger partial charge in [-0.25, -0.2) is 4.79 Å². The first-order chi connectivity index (χ1) is 15.6. The van der Waals surface area contributed by atoms with Gasteiger partial charge >= 0.3 is 6.09 Å². The molecule has 5 heteroatoms. The molecule has 1 aliphatic rings. The van der Waals surface area contributed by atoms with Gasteiger partial charge in [-0.15, -0.1) is 0 Å². The average Bonchev–Trinajstić information content (AvgIpc) is 3.14. The minimum absolute atomic E-state index is 0.0148. The number of ketones is 1. The number of methoxy groups -OCH3 is 1. The van der Waals surface area contributed by atoms with Crippen molar-refractivity contribution < 1.29 is 19.1 Å². The third-order valence-corrected chi connectivity index (χ3v) is 5.64. The fourth-order valence-electron chi connectivity index (χ4n) is 4.06. The van der Waals surface area contributed by atoms with E-state index in [1.54, 1.807) is 31.4 Å². The minimum Gasteiger partial charge on any atom is -0.496 e. The van der Waals surface area contributed by atoms with Crippen molar-refractivity contribution in [3.63, 3.8) is 0 Å². The molecule has 1 amide bonds. The number of amides is 1. The number of alkyl carbamates (subject to hydrolysis) is 1. The predicted octanol–water partition coefficient (Wildman–Crippen LogP) is 5.45. The van der Waals surface area contributed by atoms with Crippen LogP contribution in [0.1, 0.15) is 39.9 Å². The molecule has 0 fully saturated rings. The van der Waals surface area contributed by atoms with Gasteiger partial charge in [-0.2, -0.15) is 0 Å². The summed E-state index contributed by atoms with van der Waals surface area (Å²) in [4.78, 5) is 23.9. The summed E-state index contributed by atoms with van der Waals surface area (Å²) in [6.07, 6.45) is 3.14. The summed E-state index contributed by atoms with van der Waals surface area (Å²) in [5, 5.41) is 2.74. The predicted molar refractivity (Wildman–Crippen MR) is 125 cm³/mol. The summed E-state index contributed by atoms with van der Waals surface area (Å²) in [6, 6.07) is 21.7. The second kappa shape index (κ2) is 9.52. The fourth-order valence-corrected chi connectivity index (χ4v) is 4.06. The van der Waals surface area contributed by atoms with E-state index in [0.717, 1.165) is 5.56 Å². The van der Waals surface area contributed by atoms with Crippen LogP contribution in [0.4, 0.5) is 4.79 Å². The standard InChI is InChI=1S/C27H25NO4/c1-18(29)19-13-14-26(31-2)20(16-19)8-7-15-28-27(30)32-17-25-23-11-5-3-9-21(23)22-10-4-6-12-24(22)25/h3-14,16,25H,15,17H2,1-2H3,(H,28,30). The van der Waals surface area contributed by atoms with E-state index in [2.05, 4.69) is 29.6 Å². The number of hydrogen-bond donors (Lipinski definition) is 1. The highest BCUT2D eigenvalue weighted by Gasteiger charge is 2.28. The summed E-state index contributed by atoms with van der Waals surface area (Å²) in [6.45, 7) is 2.09. The van der Waals surface area contributed by atoms with E-state index in [9.17, 15) is 9.59 Å². The third-order valence-electron chi connectivity index (χ3n) is 5.64. The molecule has 0 aliphatic heterocycles. The highest BCUT2D eigenvalue weighted by Crippen LogP contribution is 2.44. The van der Waals surface area contributed by atoms with E-state index >= 15 is 0 Å². The lowest BCUT2D eigenvalue weighted by atomic mass is 9.98. The van der Waals surface area contributed by atoms with Gasteiger partial charge in [0, 0.05) is 23.6 Å². The lowest BCUT2D eigenvalue weighted by Gasteiger charge is -2.14. The molecule has 3 aromatic carbocycles. The van der Waals surface area contributed by atoms with E-state index in [1.807, 2.05) is 30.3 Å². The molecule has 1 N–H and O–H groups in total. The Morgan fingerprint density at radius 1 is 0.969 bits per heavy atom. The van der Waals surface area contributed by atoms with Gasteiger partial charge in [-0.1, -0.05) is 60.7 Å². The normalized spacial score (nSPS) is 12.3. The van der Waals surface area contributed by atoms with Crippen LogP contribution in [-0.2, 0) is 4.74 Å². The lowest BCUT2D eigenvalue weighted by molar-refractivity contribution is 0.101. The molecule has 0 heterocycles. The molecular formula is C27H25NO4. The molecule has 5 nitrogen and oxygen atoms in total. The SMILES string of the molecule is COc1ccc(C(C)=O)cc1C=CCNC(=O)OCC1c2ccccc2-c2ccccc21. The fraction of sp³-hybridized carbons (Fsp3) is 0.185. The molecule has 4 rings (SSSR count). The largest absolute Gasteiger partial charge is 0.496 e. The Bertz CT molecular complexity index is 1140. The molecule has 0 saturated carbocycles. The van der Waals surface area contributed by atoms with Crippen LogP contribution in [0.5, 0.6) is 5.75 Å². The second-order valence-electron chi connectivity index (χ2n) is 7.62. The van der Waals surface area contributed by atoms with Crippen molar-refractivity contribution in [3.8, 4) is 16.9 Å². The van der Waals surface area contributed by atoms with Gasteiger partial charge < -0.3 is 14.8 Å². The van der Waals surface area contributed by atoms with Crippen LogP contribution in [0.25, 0.3) is 17.2 Å². The Morgan fingerprint density at radius 2 is 1.62 bits per heavy atom. The molecule has 0 unspecified atom stereocenters. The van der Waals surface area contributed by atoms with Crippen molar-refractivity contribution in [1.29, 1.82) is 0 Å². The Balaban J connectivity index is 1.35. The van der Waals surface area contributed by atoms with Gasteiger partial charge in [-0.05, 0) is 47.4 Å². The van der Waals surface area contributed by atoms with E-state index in [4.69, 9.17) is 9.47 Å². The first kappa shape index (κ1) is 21.4. The van der Waals surface area contributed by atoms with Crippen molar-refractivity contribution in [2.75, 3.05) is 20.3 Å². The summed E-state index contributed by atoms with van der Waals surface area (Å²) in [7, 11) is 1.58. The van der Waals surface area contributed by atoms with Gasteiger partial charge in [0.25, 0.3) is 0 Å². The number of nitrogens with one attached hydrogen (secondary N) is 1. The van der Waals surface area contributed by atoms with Crippen molar-refractivity contribution >= 4 is 18.0 Å². The van der Waals surface area contributed by atoms with Gasteiger partial charge in [0.2, 0.25) is 0 Å². The third kappa shape index (κ3) is 4.42. The van der Waals surface area contributed by atoms with Gasteiger partial charge in [-0.3, -0.25) is 4.79 Å². The number of carbonyl (C=O) groups is 2. The number of fused-ring (bicyclic) bond motifs is 3. The number of ether oxygens (including phenoxy) is 2. The zero-order chi connectivity index (χ0) is 22.5. The summed E-state index contributed by atoms with van der Waals surface area (Å²) in [5.74, 6) is 0.675. The lowest BCUT2D eigenvalue weighted by Crippen LogP contribution is -2.26. The maximum absolute atomic E-state index is 12.3. The average molecular weight is 428 g/mol. The summed E-state index contributed by atoms with van der Waals surface area (Å²) < 4.78 is 10.9. The van der Waals surface area contributed by atoms with Crippen molar-refractivity contribution in [3.05, 3.63) is 95.1 Å². The highest BCUT2D eigenvalue weighted by molar-refractivity contribution is 5.95. The van der Waals surface area contributed by atoms with Crippen molar-refractivity contribution in [2.24, 2.45) is 0 Å². The maximum atomic E-state index is 12.3. The molecule has 162 valence electrons. The Morgan fingerprint density at radius 3 is 2.25 bits per heavy atom. The summed E-state index contributed by atoms with van der Waals surface area (Å²) >= 11 is 0. The van der Waals surface area contributed by atoms with Gasteiger partial charge in [0.1, 0.15) is 12.4 Å². The number of Topliss-reactive ketones (excluding diaryl/α,β-unsaturated/α-hetero) is 1. The van der Waals surface area contributed by atoms with E-state index in [0.29, 0.717) is 17.9 Å². The number of benzene rings is 3. The van der Waals surface area contributed by atoms with Crippen LogP contribution in [0, 0.1) is 0 Å². The second-order valence-corrected chi connectivity index (χ2v) is 7.62. The van der Waals surface area contributed by atoms with Crippen LogP contribution in [-0.4, -0.2) is 32.1 Å². The van der Waals surface area contributed by atoms with Crippen molar-refractivity contribution in [2.45, 2.75) is 12.8 Å². The number of carbonyl (C=O) groups excluding carboxylic acids is 2.